The minimum atomic E-state index is -0.358. The molecule has 0 unspecified atom stereocenters. The first kappa shape index (κ1) is 11.7. The van der Waals surface area contributed by atoms with E-state index in [0.717, 1.165) is 5.56 Å². The molecule has 0 saturated carbocycles. The molecule has 0 aliphatic carbocycles. The Labute approximate surface area is 102 Å². The van der Waals surface area contributed by atoms with Crippen LogP contribution in [0.1, 0.15) is 19.4 Å². The molecule has 1 heterocycles. The molecule has 1 aromatic carbocycles. The third kappa shape index (κ3) is 2.03. The zero-order chi connectivity index (χ0) is 12.5. The first-order valence-electron chi connectivity index (χ1n) is 5.54. The minimum absolute atomic E-state index is 0.358. The van der Waals surface area contributed by atoms with Crippen LogP contribution in [0.25, 0.3) is 0 Å². The highest BCUT2D eigenvalue weighted by atomic mass is 16.6. The average molecular weight is 232 g/mol. The Morgan fingerprint density at radius 2 is 2.00 bits per heavy atom. The molecule has 0 bridgehead atoms. The minimum Gasteiger partial charge on any atom is -0.493 e. The molecule has 0 fully saturated rings. The summed E-state index contributed by atoms with van der Waals surface area (Å²) in [4.78, 5) is 0. The van der Waals surface area contributed by atoms with Crippen molar-refractivity contribution in [3.63, 3.8) is 0 Å². The smallest absolute Gasteiger partial charge is 0.203 e. The van der Waals surface area contributed by atoms with E-state index in [1.165, 1.54) is 0 Å². The van der Waals surface area contributed by atoms with Gasteiger partial charge in [-0.1, -0.05) is 5.92 Å². The first-order valence-corrected chi connectivity index (χ1v) is 5.54. The molecule has 0 N–H and O–H groups in total. The van der Waals surface area contributed by atoms with Crippen molar-refractivity contribution in [3.05, 3.63) is 17.7 Å². The second-order valence-corrected chi connectivity index (χ2v) is 4.47. The maximum atomic E-state index is 5.57. The van der Waals surface area contributed by atoms with Crippen LogP contribution in [0, 0.1) is 12.3 Å². The van der Waals surface area contributed by atoms with Crippen molar-refractivity contribution < 1.29 is 14.2 Å². The summed E-state index contributed by atoms with van der Waals surface area (Å²) in [5.41, 5.74) is 0.629. The van der Waals surface area contributed by atoms with Gasteiger partial charge in [0.2, 0.25) is 5.75 Å². The van der Waals surface area contributed by atoms with Gasteiger partial charge >= 0.3 is 0 Å². The van der Waals surface area contributed by atoms with Crippen LogP contribution in [-0.2, 0) is 5.41 Å². The second kappa shape index (κ2) is 4.21. The topological polar surface area (TPSA) is 27.7 Å². The van der Waals surface area contributed by atoms with E-state index >= 15 is 0 Å². The monoisotopic (exact) mass is 232 g/mol. The molecule has 0 amide bonds. The molecule has 0 radical (unpaired) electrons. The van der Waals surface area contributed by atoms with Crippen molar-refractivity contribution in [2.45, 2.75) is 19.3 Å². The molecule has 0 atom stereocenters. The molecular formula is C14H16O3. The lowest BCUT2D eigenvalue weighted by atomic mass is 9.85. The highest BCUT2D eigenvalue weighted by Crippen LogP contribution is 2.42. The lowest BCUT2D eigenvalue weighted by Crippen LogP contribution is -2.19. The molecule has 0 spiro atoms. The van der Waals surface area contributed by atoms with E-state index in [4.69, 9.17) is 20.6 Å². The molecule has 1 aromatic rings. The van der Waals surface area contributed by atoms with E-state index in [2.05, 4.69) is 5.92 Å². The highest BCUT2D eigenvalue weighted by molar-refractivity contribution is 5.56. The molecule has 1 aliphatic rings. The van der Waals surface area contributed by atoms with Crippen LogP contribution in [0.5, 0.6) is 17.2 Å². The molecule has 3 heteroatoms. The van der Waals surface area contributed by atoms with Gasteiger partial charge in [0.25, 0.3) is 0 Å². The fraction of sp³-hybridized carbons (Fsp3) is 0.429. The number of terminal acetylenes is 1. The number of hydrogen-bond donors (Lipinski definition) is 0. The summed E-state index contributed by atoms with van der Waals surface area (Å²) >= 11 is 0. The van der Waals surface area contributed by atoms with E-state index in [0.29, 0.717) is 30.5 Å². The molecule has 2 rings (SSSR count). The third-order valence-electron chi connectivity index (χ3n) is 2.91. The predicted octanol–water partition coefficient (Wildman–Crippen LogP) is 2.38. The number of hydrogen-bond acceptors (Lipinski definition) is 3. The van der Waals surface area contributed by atoms with Crippen molar-refractivity contribution in [2.75, 3.05) is 20.3 Å². The van der Waals surface area contributed by atoms with Crippen molar-refractivity contribution in [2.24, 2.45) is 0 Å². The van der Waals surface area contributed by atoms with Gasteiger partial charge in [-0.15, -0.1) is 6.42 Å². The van der Waals surface area contributed by atoms with Crippen LogP contribution in [0.3, 0.4) is 0 Å². The van der Waals surface area contributed by atoms with E-state index in [1.54, 1.807) is 7.11 Å². The van der Waals surface area contributed by atoms with Gasteiger partial charge in [-0.25, -0.2) is 0 Å². The van der Waals surface area contributed by atoms with Crippen molar-refractivity contribution in [3.8, 4) is 29.6 Å². The zero-order valence-electron chi connectivity index (χ0n) is 10.4. The Morgan fingerprint density at radius 1 is 1.29 bits per heavy atom. The molecule has 90 valence electrons. The summed E-state index contributed by atoms with van der Waals surface area (Å²) in [5.74, 6) is 4.80. The molecule has 0 saturated heterocycles. The number of rotatable bonds is 2. The number of methoxy groups -OCH3 is 1. The maximum Gasteiger partial charge on any atom is 0.203 e. The molecule has 3 nitrogen and oxygen atoms in total. The molecular weight excluding hydrogens is 216 g/mol. The largest absolute Gasteiger partial charge is 0.493 e. The zero-order valence-corrected chi connectivity index (χ0v) is 10.4. The maximum absolute atomic E-state index is 5.57. The van der Waals surface area contributed by atoms with Gasteiger partial charge < -0.3 is 14.2 Å². The van der Waals surface area contributed by atoms with Gasteiger partial charge in [0.1, 0.15) is 13.2 Å². The summed E-state index contributed by atoms with van der Waals surface area (Å²) in [5, 5.41) is 0. The van der Waals surface area contributed by atoms with Gasteiger partial charge in [0, 0.05) is 0 Å². The Bertz CT molecular complexity index is 452. The fourth-order valence-electron chi connectivity index (χ4n) is 1.72. The lowest BCUT2D eigenvalue weighted by molar-refractivity contribution is 0.164. The van der Waals surface area contributed by atoms with E-state index in [9.17, 15) is 0 Å². The predicted molar refractivity (Wildman–Crippen MR) is 65.8 cm³/mol. The van der Waals surface area contributed by atoms with Gasteiger partial charge in [-0.05, 0) is 31.5 Å². The SMILES string of the molecule is C#CC(C)(C)c1cc(OC)c2c(c1)OCCO2. The van der Waals surface area contributed by atoms with Crippen LogP contribution in [0.15, 0.2) is 12.1 Å². The normalized spacial score (nSPS) is 14.0. The Kier molecular flexibility index (Phi) is 2.89. The van der Waals surface area contributed by atoms with E-state index in [1.807, 2.05) is 26.0 Å². The molecule has 1 aliphatic heterocycles. The first-order chi connectivity index (χ1) is 8.08. The van der Waals surface area contributed by atoms with Gasteiger partial charge in [-0.2, -0.15) is 0 Å². The summed E-state index contributed by atoms with van der Waals surface area (Å²) < 4.78 is 16.4. The standard InChI is InChI=1S/C14H16O3/c1-5-14(2,3)10-8-11(15-4)13-12(9-10)16-6-7-17-13/h1,8-9H,6-7H2,2-4H3. The fourth-order valence-corrected chi connectivity index (χ4v) is 1.72. The van der Waals surface area contributed by atoms with Crippen LogP contribution < -0.4 is 14.2 Å². The van der Waals surface area contributed by atoms with Crippen LogP contribution >= 0.6 is 0 Å². The Hall–Kier alpha value is -1.82. The van der Waals surface area contributed by atoms with Crippen molar-refractivity contribution in [1.82, 2.24) is 0 Å². The molecule has 0 aromatic heterocycles. The third-order valence-corrected chi connectivity index (χ3v) is 2.91. The van der Waals surface area contributed by atoms with E-state index in [-0.39, 0.29) is 5.41 Å². The number of ether oxygens (including phenoxy) is 3. The average Bonchev–Trinajstić information content (AvgIpc) is 2.37. The highest BCUT2D eigenvalue weighted by Gasteiger charge is 2.24. The lowest BCUT2D eigenvalue weighted by Gasteiger charge is -2.25. The Balaban J connectivity index is 2.55. The quantitative estimate of drug-likeness (QED) is 0.733. The number of fused-ring (bicyclic) bond motifs is 1. The van der Waals surface area contributed by atoms with Crippen LogP contribution in [0.2, 0.25) is 0 Å². The van der Waals surface area contributed by atoms with Crippen LogP contribution in [0.4, 0.5) is 0 Å². The summed E-state index contributed by atoms with van der Waals surface area (Å²) in [6, 6.07) is 3.84. The van der Waals surface area contributed by atoms with Crippen molar-refractivity contribution in [1.29, 1.82) is 0 Å². The molecule has 17 heavy (non-hydrogen) atoms. The number of benzene rings is 1. The summed E-state index contributed by atoms with van der Waals surface area (Å²) in [6.07, 6.45) is 5.54. The van der Waals surface area contributed by atoms with Gasteiger partial charge in [0.05, 0.1) is 12.5 Å². The second-order valence-electron chi connectivity index (χ2n) is 4.47. The summed E-state index contributed by atoms with van der Waals surface area (Å²) in [6.45, 7) is 5.06. The van der Waals surface area contributed by atoms with Crippen LogP contribution in [-0.4, -0.2) is 20.3 Å². The summed E-state index contributed by atoms with van der Waals surface area (Å²) in [7, 11) is 1.61. The van der Waals surface area contributed by atoms with Crippen molar-refractivity contribution >= 4 is 0 Å². The van der Waals surface area contributed by atoms with E-state index < -0.39 is 0 Å². The van der Waals surface area contributed by atoms with Gasteiger partial charge in [-0.3, -0.25) is 0 Å². The Morgan fingerprint density at radius 3 is 2.65 bits per heavy atom. The van der Waals surface area contributed by atoms with Gasteiger partial charge in [0.15, 0.2) is 11.5 Å².